The minimum Gasteiger partial charge on any atom is -0.453 e. The number of amides is 4. The first-order valence-corrected chi connectivity index (χ1v) is 21.5. The predicted molar refractivity (Wildman–Crippen MR) is 227 cm³/mol. The second-order valence-corrected chi connectivity index (χ2v) is 18.0. The molecule has 3 fully saturated rings. The van der Waals surface area contributed by atoms with Crippen molar-refractivity contribution < 1.29 is 28.7 Å². The lowest BCUT2D eigenvalue weighted by Crippen LogP contribution is -2.51. The molecule has 8 rings (SSSR count). The number of aromatic nitrogens is 4. The van der Waals surface area contributed by atoms with E-state index in [4.69, 9.17) is 19.4 Å². The number of carbonyl (C=O) groups is 4. The van der Waals surface area contributed by atoms with Crippen LogP contribution in [0.3, 0.4) is 0 Å². The number of nitrogens with zero attached hydrogens (tertiary/aromatic N) is 4. The van der Waals surface area contributed by atoms with Crippen LogP contribution in [0.25, 0.3) is 33.6 Å². The van der Waals surface area contributed by atoms with Gasteiger partial charge < -0.3 is 39.9 Å². The van der Waals surface area contributed by atoms with Crippen LogP contribution >= 0.6 is 0 Å². The summed E-state index contributed by atoms with van der Waals surface area (Å²) in [6.45, 7) is 11.3. The summed E-state index contributed by atoms with van der Waals surface area (Å²) in [5, 5.41) is 5.46. The zero-order valence-corrected chi connectivity index (χ0v) is 35.8. The van der Waals surface area contributed by atoms with Gasteiger partial charge in [0.2, 0.25) is 11.8 Å². The quantitative estimate of drug-likeness (QED) is 0.119. The minimum atomic E-state index is -0.688. The summed E-state index contributed by atoms with van der Waals surface area (Å²) < 4.78 is 9.60. The molecule has 60 heavy (non-hydrogen) atoms. The molecule has 2 aliphatic carbocycles. The number of likely N-dealkylation sites (tertiary alicyclic amines) is 2. The molecule has 318 valence electrons. The van der Waals surface area contributed by atoms with E-state index < -0.39 is 24.3 Å². The van der Waals surface area contributed by atoms with Crippen molar-refractivity contribution in [2.75, 3.05) is 27.3 Å². The van der Waals surface area contributed by atoms with Crippen LogP contribution in [0.1, 0.15) is 120 Å². The number of ether oxygens (including phenoxy) is 2. The second kappa shape index (κ2) is 16.4. The molecule has 4 aliphatic rings. The SMILES string of the molecule is COC(=O)N[C@H](C(=O)N1CCC[C@H]1c1ncc(-c2ccc(-c3ccc(-c4cnc([C@H]5CCCN5C(=O)[C@H](NC(=O)OC)C(C)C)[nH]4)c4c3C3CCC4(C)C3)cc2)[nH]1)C(C)C. The summed E-state index contributed by atoms with van der Waals surface area (Å²) in [6, 6.07) is 11.3. The van der Waals surface area contributed by atoms with E-state index in [1.807, 2.05) is 49.9 Å². The first-order valence-electron chi connectivity index (χ1n) is 21.5. The van der Waals surface area contributed by atoms with Gasteiger partial charge in [0.25, 0.3) is 0 Å². The average Bonchev–Trinajstić information content (AvgIpc) is 4.11. The topological polar surface area (TPSA) is 175 Å². The zero-order chi connectivity index (χ0) is 42.5. The van der Waals surface area contributed by atoms with Crippen molar-refractivity contribution in [3.8, 4) is 33.6 Å². The van der Waals surface area contributed by atoms with Gasteiger partial charge in [-0.2, -0.15) is 0 Å². The van der Waals surface area contributed by atoms with Crippen LogP contribution in [0.5, 0.6) is 0 Å². The van der Waals surface area contributed by atoms with Gasteiger partial charge in [0, 0.05) is 18.7 Å². The third kappa shape index (κ3) is 7.42. The number of fused-ring (bicyclic) bond motifs is 5. The smallest absolute Gasteiger partial charge is 0.407 e. The first kappa shape index (κ1) is 41.1. The summed E-state index contributed by atoms with van der Waals surface area (Å²) >= 11 is 0. The molecule has 2 aliphatic heterocycles. The van der Waals surface area contributed by atoms with Gasteiger partial charge in [0.15, 0.2) is 0 Å². The lowest BCUT2D eigenvalue weighted by atomic mass is 9.76. The third-order valence-electron chi connectivity index (χ3n) is 13.5. The number of rotatable bonds is 11. The molecule has 4 N–H and O–H groups in total. The zero-order valence-electron chi connectivity index (χ0n) is 35.8. The third-order valence-corrected chi connectivity index (χ3v) is 13.5. The summed E-state index contributed by atoms with van der Waals surface area (Å²) in [5.74, 6) is 1.52. The molecule has 2 aromatic heterocycles. The number of benzene rings is 2. The number of nitrogens with one attached hydrogen (secondary N) is 4. The second-order valence-electron chi connectivity index (χ2n) is 18.0. The fourth-order valence-electron chi connectivity index (χ4n) is 10.4. The number of H-pyrrole nitrogens is 2. The van der Waals surface area contributed by atoms with Crippen molar-refractivity contribution in [1.29, 1.82) is 0 Å². The highest BCUT2D eigenvalue weighted by Crippen LogP contribution is 2.61. The van der Waals surface area contributed by atoms with E-state index in [0.717, 1.165) is 79.1 Å². The van der Waals surface area contributed by atoms with Crippen molar-refractivity contribution in [2.45, 2.75) is 115 Å². The van der Waals surface area contributed by atoms with Gasteiger partial charge in [0.05, 0.1) is 50.1 Å². The summed E-state index contributed by atoms with van der Waals surface area (Å²) in [7, 11) is 2.60. The molecule has 0 spiro atoms. The molecule has 14 heteroatoms. The Hall–Kier alpha value is -5.66. The molecule has 2 saturated heterocycles. The van der Waals surface area contributed by atoms with Gasteiger partial charge in [-0.25, -0.2) is 19.6 Å². The van der Waals surface area contributed by atoms with Gasteiger partial charge in [-0.3, -0.25) is 9.59 Å². The van der Waals surface area contributed by atoms with Crippen molar-refractivity contribution in [2.24, 2.45) is 11.8 Å². The van der Waals surface area contributed by atoms with Gasteiger partial charge in [-0.15, -0.1) is 0 Å². The van der Waals surface area contributed by atoms with Crippen molar-refractivity contribution in [1.82, 2.24) is 40.4 Å². The Kier molecular flexibility index (Phi) is 11.2. The van der Waals surface area contributed by atoms with Crippen LogP contribution < -0.4 is 10.6 Å². The number of hydrogen-bond acceptors (Lipinski definition) is 8. The Morgan fingerprint density at radius 1 is 0.717 bits per heavy atom. The van der Waals surface area contributed by atoms with Gasteiger partial charge in [-0.1, -0.05) is 71.0 Å². The van der Waals surface area contributed by atoms with E-state index >= 15 is 0 Å². The predicted octanol–water partition coefficient (Wildman–Crippen LogP) is 7.76. The van der Waals surface area contributed by atoms with Gasteiger partial charge in [-0.05, 0) is 95.9 Å². The maximum Gasteiger partial charge on any atom is 0.407 e. The van der Waals surface area contributed by atoms with E-state index in [1.54, 1.807) is 0 Å². The fourth-order valence-corrected chi connectivity index (χ4v) is 10.4. The van der Waals surface area contributed by atoms with Crippen LogP contribution in [-0.4, -0.2) is 93.1 Å². The lowest BCUT2D eigenvalue weighted by Gasteiger charge is -2.30. The molecular weight excluding hydrogens is 761 g/mol. The normalized spacial score (nSPS) is 22.9. The van der Waals surface area contributed by atoms with Crippen LogP contribution in [-0.2, 0) is 24.5 Å². The van der Waals surface area contributed by atoms with Crippen LogP contribution in [0.2, 0.25) is 0 Å². The Labute approximate surface area is 351 Å². The molecule has 1 saturated carbocycles. The number of hydrogen-bond donors (Lipinski definition) is 4. The molecule has 2 bridgehead atoms. The maximum atomic E-state index is 13.8. The Balaban J connectivity index is 1.03. The van der Waals surface area contributed by atoms with Gasteiger partial charge >= 0.3 is 12.2 Å². The molecular formula is C46H58N8O6. The van der Waals surface area contributed by atoms with Crippen molar-refractivity contribution >= 4 is 24.0 Å². The molecule has 4 aromatic rings. The Bertz CT molecular complexity index is 2260. The number of carbonyl (C=O) groups excluding carboxylic acids is 4. The summed E-state index contributed by atoms with van der Waals surface area (Å²) in [5.41, 5.74) is 9.31. The van der Waals surface area contributed by atoms with Crippen LogP contribution in [0.15, 0.2) is 48.8 Å². The standard InChI is InChI=1S/C46H58N8O6/c1-25(2)38(51-44(57)59-6)42(55)53-20-8-10-34(53)40-47-23-32(49-40)28-14-12-27(13-15-28)30-16-17-31(37-36(30)29-18-19-46(37,5)22-29)33-24-48-41(50-33)35-11-9-21-54(35)43(56)39(26(3)4)52-45(58)60-7/h12-17,23-26,29,34-35,38-39H,8-11,18-22H2,1-7H3,(H,47,49)(H,48,50)(H,51,57)(H,52,58)/t29?,34-,35+,38-,39+,46?/m0/s1. The van der Waals surface area contributed by atoms with Crippen LogP contribution in [0, 0.1) is 11.8 Å². The number of aromatic amines is 2. The van der Waals surface area contributed by atoms with Crippen molar-refractivity contribution in [3.63, 3.8) is 0 Å². The first-order chi connectivity index (χ1) is 28.8. The lowest BCUT2D eigenvalue weighted by molar-refractivity contribution is -0.136. The van der Waals surface area contributed by atoms with Gasteiger partial charge in [0.1, 0.15) is 23.7 Å². The van der Waals surface area contributed by atoms with Crippen LogP contribution in [0.4, 0.5) is 9.59 Å². The average molecular weight is 819 g/mol. The maximum absolute atomic E-state index is 13.8. The monoisotopic (exact) mass is 818 g/mol. The molecule has 2 aromatic carbocycles. The minimum absolute atomic E-state index is 0.0579. The summed E-state index contributed by atoms with van der Waals surface area (Å²) in [4.78, 5) is 72.1. The largest absolute Gasteiger partial charge is 0.453 e. The van der Waals surface area contributed by atoms with Crippen molar-refractivity contribution in [3.05, 3.63) is 71.6 Å². The fraction of sp³-hybridized carbons (Fsp3) is 0.522. The Morgan fingerprint density at radius 2 is 1.22 bits per heavy atom. The highest BCUT2D eigenvalue weighted by atomic mass is 16.5. The Morgan fingerprint density at radius 3 is 1.75 bits per heavy atom. The molecule has 2 unspecified atom stereocenters. The number of imidazole rings is 2. The molecule has 4 heterocycles. The summed E-state index contributed by atoms with van der Waals surface area (Å²) in [6.07, 6.45) is 9.24. The highest BCUT2D eigenvalue weighted by Gasteiger charge is 2.49. The highest BCUT2D eigenvalue weighted by molar-refractivity contribution is 5.87. The van der Waals surface area contributed by atoms with E-state index in [2.05, 4.69) is 63.9 Å². The van der Waals surface area contributed by atoms with E-state index in [-0.39, 0.29) is 41.1 Å². The van der Waals surface area contributed by atoms with E-state index in [0.29, 0.717) is 19.0 Å². The molecule has 14 nitrogen and oxygen atoms in total. The van der Waals surface area contributed by atoms with E-state index in [9.17, 15) is 19.2 Å². The molecule has 4 amide bonds. The number of alkyl carbamates (subject to hydrolysis) is 2. The van der Waals surface area contributed by atoms with E-state index in [1.165, 1.54) is 36.5 Å². The molecule has 6 atom stereocenters. The number of methoxy groups -OCH3 is 2. The molecule has 0 radical (unpaired) electrons.